The Bertz CT molecular complexity index is 853. The van der Waals surface area contributed by atoms with E-state index >= 15 is 0 Å². The molecule has 25 heavy (non-hydrogen) atoms. The summed E-state index contributed by atoms with van der Waals surface area (Å²) < 4.78 is 31.9. The van der Waals surface area contributed by atoms with Gasteiger partial charge in [0.2, 0.25) is 0 Å². The predicted octanol–water partition coefficient (Wildman–Crippen LogP) is 5.12. The summed E-state index contributed by atoms with van der Waals surface area (Å²) in [6, 6.07) is 7.02. The summed E-state index contributed by atoms with van der Waals surface area (Å²) in [6.45, 7) is 0.826. The quantitative estimate of drug-likeness (QED) is 0.548. The number of halogens is 2. The van der Waals surface area contributed by atoms with Gasteiger partial charge in [0, 0.05) is 36.7 Å². The van der Waals surface area contributed by atoms with Crippen LogP contribution in [-0.4, -0.2) is 15.8 Å². The van der Waals surface area contributed by atoms with Gasteiger partial charge < -0.3 is 4.42 Å². The van der Waals surface area contributed by atoms with Crippen LogP contribution in [0.3, 0.4) is 0 Å². The minimum absolute atomic E-state index is 0.118. The molecule has 0 fully saturated rings. The molecule has 4 nitrogen and oxygen atoms in total. The van der Waals surface area contributed by atoms with E-state index in [1.54, 1.807) is 30.6 Å². The summed E-state index contributed by atoms with van der Waals surface area (Å²) in [7, 11) is 0. The minimum atomic E-state index is -2.93. The van der Waals surface area contributed by atoms with Gasteiger partial charge >= 0.3 is 0 Å². The first kappa shape index (κ1) is 17.4. The number of ketones is 1. The number of pyridine rings is 1. The fourth-order valence-corrected chi connectivity index (χ4v) is 3.22. The average molecular weight is 362 g/mol. The van der Waals surface area contributed by atoms with Crippen LogP contribution in [0.2, 0.25) is 0 Å². The molecular weight excluding hydrogens is 346 g/mol. The van der Waals surface area contributed by atoms with Crippen molar-refractivity contribution < 1.29 is 18.0 Å². The lowest BCUT2D eigenvalue weighted by atomic mass is 10.1. The Morgan fingerprint density at radius 3 is 2.84 bits per heavy atom. The SMILES string of the molecule is CC(F)(F)c1csc(CCCC(=O)c2ccc(-c3cccnc3)o2)n1. The topological polar surface area (TPSA) is 56.0 Å². The van der Waals surface area contributed by atoms with Gasteiger partial charge in [-0.3, -0.25) is 9.78 Å². The van der Waals surface area contributed by atoms with E-state index in [0.29, 0.717) is 29.4 Å². The second-order valence-electron chi connectivity index (χ2n) is 5.70. The van der Waals surface area contributed by atoms with Crippen molar-refractivity contribution in [2.45, 2.75) is 32.1 Å². The van der Waals surface area contributed by atoms with Crippen molar-refractivity contribution in [3.63, 3.8) is 0 Å². The Labute approximate surface area is 147 Å². The lowest BCUT2D eigenvalue weighted by molar-refractivity contribution is 0.0132. The number of thiazole rings is 1. The zero-order chi connectivity index (χ0) is 17.9. The van der Waals surface area contributed by atoms with Gasteiger partial charge in [0.05, 0.1) is 5.01 Å². The summed E-state index contributed by atoms with van der Waals surface area (Å²) in [5.74, 6) is -2.17. The van der Waals surface area contributed by atoms with Crippen LogP contribution in [0.1, 0.15) is 41.0 Å². The molecule has 0 unspecified atom stereocenters. The molecular formula is C18H16F2N2O2S. The number of hydrogen-bond acceptors (Lipinski definition) is 5. The third kappa shape index (κ3) is 4.36. The number of carbonyl (C=O) groups is 1. The van der Waals surface area contributed by atoms with Gasteiger partial charge in [-0.05, 0) is 37.1 Å². The van der Waals surface area contributed by atoms with E-state index in [-0.39, 0.29) is 17.9 Å². The Morgan fingerprint density at radius 2 is 2.16 bits per heavy atom. The van der Waals surface area contributed by atoms with E-state index in [0.717, 1.165) is 12.5 Å². The first-order chi connectivity index (χ1) is 11.9. The van der Waals surface area contributed by atoms with Gasteiger partial charge in [-0.25, -0.2) is 4.98 Å². The highest BCUT2D eigenvalue weighted by atomic mass is 32.1. The third-order valence-corrected chi connectivity index (χ3v) is 4.53. The zero-order valence-corrected chi connectivity index (χ0v) is 14.4. The van der Waals surface area contributed by atoms with E-state index < -0.39 is 5.92 Å². The number of hydrogen-bond donors (Lipinski definition) is 0. The van der Waals surface area contributed by atoms with Crippen LogP contribution in [-0.2, 0) is 12.3 Å². The van der Waals surface area contributed by atoms with Gasteiger partial charge in [0.1, 0.15) is 11.5 Å². The molecule has 0 N–H and O–H groups in total. The van der Waals surface area contributed by atoms with Crippen LogP contribution in [0.4, 0.5) is 8.78 Å². The maximum Gasteiger partial charge on any atom is 0.287 e. The van der Waals surface area contributed by atoms with E-state index in [1.165, 1.54) is 16.7 Å². The lowest BCUT2D eigenvalue weighted by Crippen LogP contribution is -2.07. The Balaban J connectivity index is 1.55. The van der Waals surface area contributed by atoms with E-state index in [9.17, 15) is 13.6 Å². The van der Waals surface area contributed by atoms with E-state index in [4.69, 9.17) is 4.42 Å². The molecule has 0 saturated heterocycles. The van der Waals surface area contributed by atoms with Crippen molar-refractivity contribution in [2.75, 3.05) is 0 Å². The van der Waals surface area contributed by atoms with Crippen LogP contribution >= 0.6 is 11.3 Å². The van der Waals surface area contributed by atoms with Crippen molar-refractivity contribution in [1.82, 2.24) is 9.97 Å². The monoisotopic (exact) mass is 362 g/mol. The Hall–Kier alpha value is -2.41. The normalized spacial score (nSPS) is 11.6. The van der Waals surface area contributed by atoms with Crippen molar-refractivity contribution >= 4 is 17.1 Å². The molecule has 0 aromatic carbocycles. The van der Waals surface area contributed by atoms with E-state index in [2.05, 4.69) is 9.97 Å². The predicted molar refractivity (Wildman–Crippen MR) is 90.9 cm³/mol. The molecule has 7 heteroatoms. The number of furan rings is 1. The van der Waals surface area contributed by atoms with Crippen molar-refractivity contribution in [3.8, 4) is 11.3 Å². The summed E-state index contributed by atoms with van der Waals surface area (Å²) in [6.07, 6.45) is 4.62. The van der Waals surface area contributed by atoms with Crippen LogP contribution in [0.25, 0.3) is 11.3 Å². The van der Waals surface area contributed by atoms with Gasteiger partial charge in [-0.1, -0.05) is 0 Å². The average Bonchev–Trinajstić information content (AvgIpc) is 3.25. The molecule has 3 heterocycles. The van der Waals surface area contributed by atoms with Gasteiger partial charge in [-0.15, -0.1) is 11.3 Å². The molecule has 0 aliphatic rings. The molecule has 0 aliphatic heterocycles. The molecule has 3 aromatic heterocycles. The maximum absolute atomic E-state index is 13.2. The largest absolute Gasteiger partial charge is 0.453 e. The molecule has 0 saturated carbocycles. The molecule has 130 valence electrons. The van der Waals surface area contributed by atoms with Crippen LogP contribution < -0.4 is 0 Å². The molecule has 0 aliphatic carbocycles. The minimum Gasteiger partial charge on any atom is -0.453 e. The first-order valence-electron chi connectivity index (χ1n) is 7.79. The third-order valence-electron chi connectivity index (χ3n) is 3.62. The number of rotatable bonds is 7. The lowest BCUT2D eigenvalue weighted by Gasteiger charge is -2.04. The number of nitrogens with zero attached hydrogens (tertiary/aromatic N) is 2. The molecule has 0 amide bonds. The molecule has 3 aromatic rings. The number of alkyl halides is 2. The highest BCUT2D eigenvalue weighted by Crippen LogP contribution is 2.28. The fourth-order valence-electron chi connectivity index (χ4n) is 2.30. The second-order valence-corrected chi connectivity index (χ2v) is 6.64. The molecule has 0 bridgehead atoms. The molecule has 0 spiro atoms. The molecule has 0 atom stereocenters. The Morgan fingerprint density at radius 1 is 1.32 bits per heavy atom. The van der Waals surface area contributed by atoms with Crippen molar-refractivity contribution in [3.05, 3.63) is 58.5 Å². The molecule has 3 rings (SSSR count). The highest BCUT2D eigenvalue weighted by Gasteiger charge is 2.27. The smallest absolute Gasteiger partial charge is 0.287 e. The van der Waals surface area contributed by atoms with Crippen molar-refractivity contribution in [2.24, 2.45) is 0 Å². The number of Topliss-reactive ketones (excluding diaryl/α,β-unsaturated/α-hetero) is 1. The van der Waals surface area contributed by atoms with Crippen LogP contribution in [0, 0.1) is 0 Å². The summed E-state index contributed by atoms with van der Waals surface area (Å²) in [4.78, 5) is 20.1. The molecule has 0 radical (unpaired) electrons. The van der Waals surface area contributed by atoms with Gasteiger partial charge in [0.25, 0.3) is 5.92 Å². The standard InChI is InChI=1S/C18H16F2N2O2S/c1-18(19,20)16-11-25-17(22-16)6-2-5-13(23)15-8-7-14(24-15)12-4-3-9-21-10-12/h3-4,7-11H,2,5-6H2,1H3. The highest BCUT2D eigenvalue weighted by molar-refractivity contribution is 7.09. The summed E-state index contributed by atoms with van der Waals surface area (Å²) in [5.41, 5.74) is 0.586. The van der Waals surface area contributed by atoms with Crippen molar-refractivity contribution in [1.29, 1.82) is 0 Å². The van der Waals surface area contributed by atoms with Crippen LogP contribution in [0.15, 0.2) is 46.5 Å². The fraction of sp³-hybridized carbons (Fsp3) is 0.278. The summed E-state index contributed by atoms with van der Waals surface area (Å²) in [5, 5.41) is 1.98. The van der Waals surface area contributed by atoms with Gasteiger partial charge in [-0.2, -0.15) is 8.78 Å². The first-order valence-corrected chi connectivity index (χ1v) is 8.67. The second kappa shape index (κ2) is 7.23. The van der Waals surface area contributed by atoms with Crippen LogP contribution in [0.5, 0.6) is 0 Å². The number of carbonyl (C=O) groups excluding carboxylic acids is 1. The summed E-state index contributed by atoms with van der Waals surface area (Å²) >= 11 is 1.19. The number of aryl methyl sites for hydroxylation is 1. The zero-order valence-electron chi connectivity index (χ0n) is 13.5. The van der Waals surface area contributed by atoms with E-state index in [1.807, 2.05) is 6.07 Å². The van der Waals surface area contributed by atoms with Gasteiger partial charge in [0.15, 0.2) is 11.5 Å². The maximum atomic E-state index is 13.2. The Kier molecular flexibility index (Phi) is 5.03. The number of aromatic nitrogens is 2.